The number of pyridine rings is 1. The van der Waals surface area contributed by atoms with Crippen LogP contribution < -0.4 is 4.90 Å². The van der Waals surface area contributed by atoms with Crippen LogP contribution >= 0.6 is 11.6 Å². The Morgan fingerprint density at radius 1 is 1.62 bits per heavy atom. The second-order valence-electron chi connectivity index (χ2n) is 3.98. The number of rotatable bonds is 2. The van der Waals surface area contributed by atoms with E-state index in [-0.39, 0.29) is 11.8 Å². The van der Waals surface area contributed by atoms with Crippen LogP contribution in [0.1, 0.15) is 12.0 Å². The molecule has 16 heavy (non-hydrogen) atoms. The summed E-state index contributed by atoms with van der Waals surface area (Å²) in [6, 6.07) is 3.70. The van der Waals surface area contributed by atoms with Crippen LogP contribution in [0.25, 0.3) is 0 Å². The van der Waals surface area contributed by atoms with E-state index in [9.17, 15) is 4.79 Å². The molecule has 0 saturated carbocycles. The summed E-state index contributed by atoms with van der Waals surface area (Å²) >= 11 is 5.94. The van der Waals surface area contributed by atoms with Crippen LogP contribution in [0.3, 0.4) is 0 Å². The van der Waals surface area contributed by atoms with Gasteiger partial charge in [-0.2, -0.15) is 0 Å². The Morgan fingerprint density at radius 2 is 2.38 bits per heavy atom. The Balaban J connectivity index is 2.27. The van der Waals surface area contributed by atoms with Crippen LogP contribution in [0.5, 0.6) is 0 Å². The largest absolute Gasteiger partial charge is 0.296 e. The number of carbonyl (C=O) groups excluding carboxylic acids is 1. The second kappa shape index (κ2) is 4.26. The van der Waals surface area contributed by atoms with Crippen molar-refractivity contribution in [3.63, 3.8) is 0 Å². The number of amides is 1. The van der Waals surface area contributed by atoms with E-state index in [1.54, 1.807) is 4.90 Å². The Bertz CT molecular complexity index is 445. The van der Waals surface area contributed by atoms with Crippen molar-refractivity contribution in [1.29, 1.82) is 0 Å². The van der Waals surface area contributed by atoms with E-state index in [2.05, 4.69) is 11.6 Å². The molecule has 0 aliphatic carbocycles. The van der Waals surface area contributed by atoms with E-state index in [1.165, 1.54) is 0 Å². The number of halogens is 1. The van der Waals surface area contributed by atoms with Crippen molar-refractivity contribution in [1.82, 2.24) is 4.98 Å². The molecule has 0 N–H and O–H groups in total. The van der Waals surface area contributed by atoms with Crippen molar-refractivity contribution in [2.24, 2.45) is 5.92 Å². The summed E-state index contributed by atoms with van der Waals surface area (Å²) in [5.74, 6) is 0.927. The van der Waals surface area contributed by atoms with Gasteiger partial charge in [0.1, 0.15) is 11.0 Å². The molecule has 1 atom stereocenters. The standard InChI is InChI=1S/C12H13ClN2O/c1-3-9-6-11(16)15(7-9)10-5-4-8(2)12(13)14-10/h3-5,9H,1,6-7H2,2H3. The molecule has 1 aromatic rings. The Morgan fingerprint density at radius 3 is 2.94 bits per heavy atom. The minimum absolute atomic E-state index is 0.0809. The van der Waals surface area contributed by atoms with Crippen LogP contribution in [-0.2, 0) is 4.79 Å². The predicted molar refractivity (Wildman–Crippen MR) is 64.6 cm³/mol. The molecule has 4 heteroatoms. The number of hydrogen-bond donors (Lipinski definition) is 0. The highest BCUT2D eigenvalue weighted by Gasteiger charge is 2.29. The molecule has 1 fully saturated rings. The molecule has 1 aromatic heterocycles. The molecule has 0 aromatic carbocycles. The fourth-order valence-corrected chi connectivity index (χ4v) is 1.91. The minimum atomic E-state index is 0.0809. The van der Waals surface area contributed by atoms with Gasteiger partial charge in [-0.25, -0.2) is 4.98 Å². The number of anilines is 1. The molecule has 2 rings (SSSR count). The van der Waals surface area contributed by atoms with Crippen LogP contribution in [0, 0.1) is 12.8 Å². The van der Waals surface area contributed by atoms with Crippen LogP contribution in [0.4, 0.5) is 5.82 Å². The highest BCUT2D eigenvalue weighted by molar-refractivity contribution is 6.30. The van der Waals surface area contributed by atoms with Gasteiger partial charge in [0.15, 0.2) is 0 Å². The molecular formula is C12H13ClN2O. The maximum absolute atomic E-state index is 11.7. The van der Waals surface area contributed by atoms with Crippen LogP contribution in [0.15, 0.2) is 24.8 Å². The molecule has 0 bridgehead atoms. The first kappa shape index (κ1) is 11.1. The summed E-state index contributed by atoms with van der Waals surface area (Å²) in [4.78, 5) is 17.6. The first-order chi connectivity index (χ1) is 7.61. The normalized spacial score (nSPS) is 20.2. The quantitative estimate of drug-likeness (QED) is 0.584. The maximum atomic E-state index is 11.7. The van der Waals surface area contributed by atoms with Crippen molar-refractivity contribution in [2.45, 2.75) is 13.3 Å². The molecule has 1 saturated heterocycles. The lowest BCUT2D eigenvalue weighted by Crippen LogP contribution is -2.25. The van der Waals surface area contributed by atoms with Gasteiger partial charge in [0.05, 0.1) is 0 Å². The topological polar surface area (TPSA) is 33.2 Å². The first-order valence-electron chi connectivity index (χ1n) is 5.18. The number of nitrogens with zero attached hydrogens (tertiary/aromatic N) is 2. The third-order valence-electron chi connectivity index (χ3n) is 2.79. The van der Waals surface area contributed by atoms with Crippen LogP contribution in [-0.4, -0.2) is 17.4 Å². The highest BCUT2D eigenvalue weighted by Crippen LogP contribution is 2.26. The van der Waals surface area contributed by atoms with Crippen molar-refractivity contribution in [2.75, 3.05) is 11.4 Å². The van der Waals surface area contributed by atoms with E-state index in [1.807, 2.05) is 25.1 Å². The smallest absolute Gasteiger partial charge is 0.228 e. The third-order valence-corrected chi connectivity index (χ3v) is 3.17. The number of aromatic nitrogens is 1. The molecule has 1 aliphatic heterocycles. The zero-order valence-electron chi connectivity index (χ0n) is 9.11. The molecule has 3 nitrogen and oxygen atoms in total. The fourth-order valence-electron chi connectivity index (χ4n) is 1.76. The summed E-state index contributed by atoms with van der Waals surface area (Å²) < 4.78 is 0. The molecule has 1 aliphatic rings. The predicted octanol–water partition coefficient (Wildman–Crippen LogP) is 2.58. The van der Waals surface area contributed by atoms with E-state index in [0.29, 0.717) is 23.9 Å². The van der Waals surface area contributed by atoms with Gasteiger partial charge in [0, 0.05) is 18.9 Å². The molecule has 0 radical (unpaired) electrons. The van der Waals surface area contributed by atoms with Crippen molar-refractivity contribution >= 4 is 23.3 Å². The van der Waals surface area contributed by atoms with Gasteiger partial charge < -0.3 is 0 Å². The van der Waals surface area contributed by atoms with E-state index in [0.717, 1.165) is 5.56 Å². The SMILES string of the molecule is C=CC1CC(=O)N(c2ccc(C)c(Cl)n2)C1. The molecule has 1 unspecified atom stereocenters. The minimum Gasteiger partial charge on any atom is -0.296 e. The summed E-state index contributed by atoms with van der Waals surface area (Å²) in [7, 11) is 0. The van der Waals surface area contributed by atoms with E-state index >= 15 is 0 Å². The van der Waals surface area contributed by atoms with E-state index < -0.39 is 0 Å². The van der Waals surface area contributed by atoms with Gasteiger partial charge in [-0.15, -0.1) is 6.58 Å². The van der Waals surface area contributed by atoms with Gasteiger partial charge in [0.25, 0.3) is 0 Å². The van der Waals surface area contributed by atoms with Crippen molar-refractivity contribution in [3.05, 3.63) is 35.5 Å². The van der Waals surface area contributed by atoms with Gasteiger partial charge >= 0.3 is 0 Å². The lowest BCUT2D eigenvalue weighted by molar-refractivity contribution is -0.117. The molecule has 0 spiro atoms. The molecular weight excluding hydrogens is 224 g/mol. The number of aryl methyl sites for hydroxylation is 1. The summed E-state index contributed by atoms with van der Waals surface area (Å²) in [5, 5.41) is 0.451. The summed E-state index contributed by atoms with van der Waals surface area (Å²) in [6.07, 6.45) is 2.32. The number of carbonyl (C=O) groups is 1. The Labute approximate surface area is 99.7 Å². The summed E-state index contributed by atoms with van der Waals surface area (Å²) in [5.41, 5.74) is 0.914. The highest BCUT2D eigenvalue weighted by atomic mass is 35.5. The lowest BCUT2D eigenvalue weighted by atomic mass is 10.1. The van der Waals surface area contributed by atoms with Gasteiger partial charge in [-0.05, 0) is 18.6 Å². The Hall–Kier alpha value is -1.35. The maximum Gasteiger partial charge on any atom is 0.228 e. The monoisotopic (exact) mass is 236 g/mol. The van der Waals surface area contributed by atoms with Gasteiger partial charge in [0.2, 0.25) is 5.91 Å². The van der Waals surface area contributed by atoms with Gasteiger partial charge in [-0.3, -0.25) is 9.69 Å². The lowest BCUT2D eigenvalue weighted by Gasteiger charge is -2.15. The van der Waals surface area contributed by atoms with Crippen LogP contribution in [0.2, 0.25) is 5.15 Å². The zero-order chi connectivity index (χ0) is 11.7. The third kappa shape index (κ3) is 1.95. The average molecular weight is 237 g/mol. The molecule has 84 valence electrons. The second-order valence-corrected chi connectivity index (χ2v) is 4.34. The van der Waals surface area contributed by atoms with Gasteiger partial charge in [-0.1, -0.05) is 23.7 Å². The molecule has 2 heterocycles. The summed E-state index contributed by atoms with van der Waals surface area (Å²) in [6.45, 7) is 6.25. The fraction of sp³-hybridized carbons (Fsp3) is 0.333. The average Bonchev–Trinajstić information content (AvgIpc) is 2.64. The zero-order valence-corrected chi connectivity index (χ0v) is 9.87. The Kier molecular flexibility index (Phi) is 2.97. The van der Waals surface area contributed by atoms with Crippen molar-refractivity contribution in [3.8, 4) is 0 Å². The van der Waals surface area contributed by atoms with E-state index in [4.69, 9.17) is 11.6 Å². The van der Waals surface area contributed by atoms with Crippen molar-refractivity contribution < 1.29 is 4.79 Å². The number of hydrogen-bond acceptors (Lipinski definition) is 2. The first-order valence-corrected chi connectivity index (χ1v) is 5.55. The molecule has 1 amide bonds.